The Balaban J connectivity index is 1.55. The van der Waals surface area contributed by atoms with Crippen molar-refractivity contribution >= 4 is 63.4 Å². The van der Waals surface area contributed by atoms with Crippen molar-refractivity contribution in [2.75, 3.05) is 23.3 Å². The van der Waals surface area contributed by atoms with Crippen LogP contribution < -0.4 is 20.9 Å². The lowest BCUT2D eigenvalue weighted by Crippen LogP contribution is -2.42. The molecule has 1 aromatic heterocycles. The molecule has 1 aliphatic heterocycles. The van der Waals surface area contributed by atoms with Gasteiger partial charge in [-0.05, 0) is 90.0 Å². The zero-order chi connectivity index (χ0) is 40.0. The molecule has 2 aromatic carbocycles. The first-order chi connectivity index (χ1) is 24.9. The van der Waals surface area contributed by atoms with E-state index in [0.29, 0.717) is 40.8 Å². The number of anilines is 3. The molecule has 0 bridgehead atoms. The Hall–Kier alpha value is -3.29. The van der Waals surface area contributed by atoms with E-state index in [0.717, 1.165) is 13.8 Å². The molecule has 1 saturated carbocycles. The summed E-state index contributed by atoms with van der Waals surface area (Å²) in [7, 11) is 0. The van der Waals surface area contributed by atoms with Crippen LogP contribution >= 0.6 is 23.2 Å². The first-order valence-electron chi connectivity index (χ1n) is 18.5. The number of fused-ring (bicyclic) bond motifs is 1. The van der Waals surface area contributed by atoms with E-state index in [1.54, 1.807) is 63.5 Å². The number of carbonyl (C=O) groups is 2. The van der Waals surface area contributed by atoms with Crippen molar-refractivity contribution in [3.8, 4) is 0 Å². The zero-order valence-electron chi connectivity index (χ0n) is 32.0. The minimum absolute atomic E-state index is 0.0584. The number of halogens is 6. The fourth-order valence-electron chi connectivity index (χ4n) is 7.28. The van der Waals surface area contributed by atoms with Gasteiger partial charge in [0.1, 0.15) is 0 Å². The fraction of sp³-hybridized carbons (Fsp3) is 0.615. The predicted molar refractivity (Wildman–Crippen MR) is 206 cm³/mol. The lowest BCUT2D eigenvalue weighted by Gasteiger charge is -2.37. The third-order valence-electron chi connectivity index (χ3n) is 10.5. The van der Waals surface area contributed by atoms with Gasteiger partial charge in [-0.15, -0.1) is 0 Å². The first-order valence-corrected chi connectivity index (χ1v) is 19.3. The van der Waals surface area contributed by atoms with Crippen LogP contribution in [0.4, 0.5) is 34.9 Å². The van der Waals surface area contributed by atoms with Crippen molar-refractivity contribution in [1.82, 2.24) is 20.2 Å². The van der Waals surface area contributed by atoms with E-state index in [1.165, 1.54) is 0 Å². The van der Waals surface area contributed by atoms with E-state index in [1.807, 2.05) is 4.90 Å². The summed E-state index contributed by atoms with van der Waals surface area (Å²) < 4.78 is 58.4. The Labute approximate surface area is 324 Å². The highest BCUT2D eigenvalue weighted by molar-refractivity contribution is 6.39. The second-order valence-corrected chi connectivity index (χ2v) is 17.6. The van der Waals surface area contributed by atoms with Crippen molar-refractivity contribution < 1.29 is 32.3 Å². The van der Waals surface area contributed by atoms with Gasteiger partial charge in [0.15, 0.2) is 0 Å². The zero-order valence-corrected chi connectivity index (χ0v) is 33.5. The number of benzene rings is 2. The number of aromatic nitrogens is 2. The molecule has 5 rings (SSSR count). The highest BCUT2D eigenvalue weighted by atomic mass is 35.5. The van der Waals surface area contributed by atoms with Gasteiger partial charge >= 0.3 is 0 Å². The van der Waals surface area contributed by atoms with Gasteiger partial charge in [-0.1, -0.05) is 50.0 Å². The third-order valence-corrected chi connectivity index (χ3v) is 11.3. The van der Waals surface area contributed by atoms with E-state index in [-0.39, 0.29) is 85.4 Å². The first kappa shape index (κ1) is 41.9. The fourth-order valence-corrected chi connectivity index (χ4v) is 7.81. The van der Waals surface area contributed by atoms with Gasteiger partial charge in [-0.25, -0.2) is 22.5 Å². The van der Waals surface area contributed by atoms with Crippen LogP contribution in [0.3, 0.4) is 0 Å². The van der Waals surface area contributed by atoms with Crippen molar-refractivity contribution in [3.63, 3.8) is 0 Å². The van der Waals surface area contributed by atoms with Crippen LogP contribution in [0.5, 0.6) is 0 Å². The summed E-state index contributed by atoms with van der Waals surface area (Å²) >= 11 is 13.5. The minimum atomic E-state index is -2.84. The minimum Gasteiger partial charge on any atom is -0.389 e. The molecular weight excluding hydrogens is 747 g/mol. The number of nitrogens with zero attached hydrogens (tertiary/aromatic N) is 3. The average molecular weight is 800 g/mol. The molecule has 0 atom stereocenters. The summed E-state index contributed by atoms with van der Waals surface area (Å²) in [6.45, 7) is 11.3. The van der Waals surface area contributed by atoms with Gasteiger partial charge in [0.2, 0.25) is 23.7 Å². The van der Waals surface area contributed by atoms with Gasteiger partial charge in [0.05, 0.1) is 50.2 Å². The molecule has 1 saturated heterocycles. The van der Waals surface area contributed by atoms with Crippen LogP contribution in [0.25, 0.3) is 11.0 Å². The number of hydrogen-bond donors (Lipinski definition) is 4. The second-order valence-electron chi connectivity index (χ2n) is 16.8. The molecule has 9 nitrogen and oxygen atoms in total. The monoisotopic (exact) mass is 798 g/mol. The Bertz CT molecular complexity index is 1850. The largest absolute Gasteiger partial charge is 0.389 e. The molecule has 0 radical (unpaired) electrons. The molecule has 0 spiro atoms. The average Bonchev–Trinajstić information content (AvgIpc) is 3.38. The molecule has 0 unspecified atom stereocenters. The van der Waals surface area contributed by atoms with Crippen LogP contribution in [0, 0.1) is 17.3 Å². The Morgan fingerprint density at radius 2 is 1.48 bits per heavy atom. The van der Waals surface area contributed by atoms with Gasteiger partial charge in [-0.3, -0.25) is 9.59 Å². The smallest absolute Gasteiger partial charge is 0.253 e. The van der Waals surface area contributed by atoms with E-state index in [4.69, 9.17) is 28.2 Å². The molecule has 2 aliphatic rings. The van der Waals surface area contributed by atoms with E-state index < -0.39 is 40.6 Å². The van der Waals surface area contributed by atoms with E-state index in [2.05, 4.69) is 16.0 Å². The van der Waals surface area contributed by atoms with Crippen LogP contribution in [-0.4, -0.2) is 63.0 Å². The van der Waals surface area contributed by atoms with Gasteiger partial charge < -0.3 is 30.5 Å². The molecule has 2 heterocycles. The van der Waals surface area contributed by atoms with Gasteiger partial charge in [-0.2, -0.15) is 0 Å². The standard InChI is InChI=1S/C39H52Cl2F4N6O3/c1-36(2,3)34(53)46-20-22-8-13-27(40)32(31(22)41)49-35-48-28-18-26(33(52)47-25-11-9-23(10-12-25)38(6,42)43)29(19-30(28)51(35)21-37(4,5)54)50-16-14-24(15-17-50)39(7,44)45/h8,13,18-19,23-25,54H,9-12,14-17,20-21H2,1-7H3,(H,46,53)(H,47,52)(H,48,49). The van der Waals surface area contributed by atoms with E-state index >= 15 is 0 Å². The summed E-state index contributed by atoms with van der Waals surface area (Å²) in [5, 5.41) is 20.7. The quantitative estimate of drug-likeness (QED) is 0.144. The number of rotatable bonds is 11. The van der Waals surface area contributed by atoms with Crippen LogP contribution in [0.15, 0.2) is 24.3 Å². The number of imidazole rings is 1. The van der Waals surface area contributed by atoms with Crippen LogP contribution in [-0.2, 0) is 17.9 Å². The highest BCUT2D eigenvalue weighted by Crippen LogP contribution is 2.40. The maximum absolute atomic E-state index is 14.3. The van der Waals surface area contributed by atoms with Crippen molar-refractivity contribution in [2.24, 2.45) is 17.3 Å². The molecule has 15 heteroatoms. The van der Waals surface area contributed by atoms with Crippen LogP contribution in [0.2, 0.25) is 10.0 Å². The number of alkyl halides is 4. The molecule has 1 aliphatic carbocycles. The molecule has 54 heavy (non-hydrogen) atoms. The Kier molecular flexibility index (Phi) is 12.2. The molecule has 2 fully saturated rings. The Morgan fingerprint density at radius 1 is 0.889 bits per heavy atom. The lowest BCUT2D eigenvalue weighted by molar-refractivity contribution is -0.128. The number of amides is 2. The van der Waals surface area contributed by atoms with Crippen LogP contribution in [0.1, 0.15) is 103 Å². The number of hydrogen-bond acceptors (Lipinski definition) is 6. The number of aliphatic hydroxyl groups is 1. The second kappa shape index (κ2) is 15.7. The van der Waals surface area contributed by atoms with Crippen molar-refractivity contribution in [2.45, 2.75) is 124 Å². The molecule has 4 N–H and O–H groups in total. The summed E-state index contributed by atoms with van der Waals surface area (Å²) in [6, 6.07) is 6.48. The summed E-state index contributed by atoms with van der Waals surface area (Å²) in [4.78, 5) is 33.4. The van der Waals surface area contributed by atoms with E-state index in [9.17, 15) is 32.3 Å². The molecule has 298 valence electrons. The van der Waals surface area contributed by atoms with Crippen molar-refractivity contribution in [1.29, 1.82) is 0 Å². The molecule has 3 aromatic rings. The lowest BCUT2D eigenvalue weighted by atomic mass is 9.82. The maximum Gasteiger partial charge on any atom is 0.253 e. The maximum atomic E-state index is 14.3. The molecule has 2 amide bonds. The predicted octanol–water partition coefficient (Wildman–Crippen LogP) is 9.34. The van der Waals surface area contributed by atoms with Gasteiger partial charge in [0.25, 0.3) is 5.91 Å². The Morgan fingerprint density at radius 3 is 2.04 bits per heavy atom. The van der Waals surface area contributed by atoms with Crippen molar-refractivity contribution in [3.05, 3.63) is 45.4 Å². The molecular formula is C39H52Cl2F4N6O3. The van der Waals surface area contributed by atoms with Gasteiger partial charge in [0, 0.05) is 42.9 Å². The highest BCUT2D eigenvalue weighted by Gasteiger charge is 2.39. The third kappa shape index (κ3) is 9.92. The summed E-state index contributed by atoms with van der Waals surface area (Å²) in [6.07, 6.45) is 1.82. The number of piperidine rings is 1. The summed E-state index contributed by atoms with van der Waals surface area (Å²) in [5.74, 6) is -7.48. The SMILES string of the molecule is CC(C)(O)Cn1c(Nc2c(Cl)ccc(CNC(=O)C(C)(C)C)c2Cl)nc2cc(C(=O)NC3CCC(C(C)(F)F)CC3)c(N3CCC(C(C)(F)F)CC3)cc21. The number of nitrogens with one attached hydrogen (secondary N) is 3. The topological polar surface area (TPSA) is 112 Å². The summed E-state index contributed by atoms with van der Waals surface area (Å²) in [5.41, 5.74) is 0.835. The number of carbonyl (C=O) groups excluding carboxylic acids is 2. The normalized spacial score (nSPS) is 19.3.